The molecule has 0 unspecified atom stereocenters. The number of rotatable bonds is 4. The number of hydrogen-bond donors (Lipinski definition) is 1. The third-order valence-electron chi connectivity index (χ3n) is 1.24. The van der Waals surface area contributed by atoms with E-state index in [1.165, 1.54) is 25.2 Å². The van der Waals surface area contributed by atoms with Gasteiger partial charge in [0.2, 0.25) is 6.08 Å². The van der Waals surface area contributed by atoms with Gasteiger partial charge in [-0.2, -0.15) is 4.99 Å². The topological polar surface area (TPSA) is 66.7 Å². The van der Waals surface area contributed by atoms with Crippen molar-refractivity contribution in [1.29, 1.82) is 0 Å². The smallest absolute Gasteiger partial charge is 0.335 e. The van der Waals surface area contributed by atoms with E-state index < -0.39 is 5.97 Å². The first-order valence-corrected chi connectivity index (χ1v) is 3.84. The lowest BCUT2D eigenvalue weighted by atomic mass is 10.1. The minimum absolute atomic E-state index is 0.0361. The van der Waals surface area contributed by atoms with Crippen molar-refractivity contribution < 1.29 is 14.7 Å². The van der Waals surface area contributed by atoms with Gasteiger partial charge >= 0.3 is 5.97 Å². The van der Waals surface area contributed by atoms with Crippen molar-refractivity contribution in [1.82, 2.24) is 0 Å². The predicted octanol–water partition coefficient (Wildman–Crippen LogP) is 1.81. The Morgan fingerprint density at radius 3 is 2.36 bits per heavy atom. The Morgan fingerprint density at radius 2 is 2.00 bits per heavy atom. The van der Waals surface area contributed by atoms with E-state index in [1.54, 1.807) is 6.92 Å². The van der Waals surface area contributed by atoms with E-state index in [-0.39, 0.29) is 11.3 Å². The predicted molar refractivity (Wildman–Crippen MR) is 52.4 cm³/mol. The molecular weight excluding hydrogens is 182 g/mol. The highest BCUT2D eigenvalue weighted by molar-refractivity contribution is 5.90. The fourth-order valence-electron chi connectivity index (χ4n) is 0.760. The average molecular weight is 193 g/mol. The number of aliphatic imine (C=N–C) groups is 1. The Bertz CT molecular complexity index is 358. The lowest BCUT2D eigenvalue weighted by Crippen LogP contribution is -1.98. The van der Waals surface area contributed by atoms with E-state index in [1.807, 2.05) is 0 Å². The monoisotopic (exact) mass is 193 g/mol. The molecule has 4 nitrogen and oxygen atoms in total. The molecular formula is C10H11NO3. The Morgan fingerprint density at radius 1 is 1.43 bits per heavy atom. The van der Waals surface area contributed by atoms with Crippen LogP contribution < -0.4 is 0 Å². The third kappa shape index (κ3) is 4.85. The van der Waals surface area contributed by atoms with Gasteiger partial charge in [0.15, 0.2) is 0 Å². The van der Waals surface area contributed by atoms with Gasteiger partial charge in [-0.1, -0.05) is 12.2 Å². The van der Waals surface area contributed by atoms with Gasteiger partial charge in [-0.05, 0) is 26.0 Å². The number of hydrogen-bond acceptors (Lipinski definition) is 3. The normalized spacial score (nSPS) is 11.9. The summed E-state index contributed by atoms with van der Waals surface area (Å²) in [6.07, 6.45) is 4.00. The molecule has 4 heteroatoms. The minimum Gasteiger partial charge on any atom is -0.478 e. The first-order valence-electron chi connectivity index (χ1n) is 3.84. The molecule has 14 heavy (non-hydrogen) atoms. The fraction of sp³-hybridized carbons (Fsp3) is 0.200. The van der Waals surface area contributed by atoms with Gasteiger partial charge in [-0.3, -0.25) is 0 Å². The number of nitrogens with zero attached hydrogens (tertiary/aromatic N) is 1. The molecule has 0 bridgehead atoms. The van der Waals surface area contributed by atoms with Crippen LogP contribution in [0.25, 0.3) is 0 Å². The number of carbonyl (C=O) groups excluding carboxylic acids is 1. The molecule has 74 valence electrons. The minimum atomic E-state index is -1.09. The second-order valence-corrected chi connectivity index (χ2v) is 2.74. The average Bonchev–Trinajstić information content (AvgIpc) is 2.02. The summed E-state index contributed by atoms with van der Waals surface area (Å²) in [5, 5.41) is 8.75. The van der Waals surface area contributed by atoms with Crippen LogP contribution in [0.15, 0.2) is 40.6 Å². The molecule has 0 saturated heterocycles. The standard InChI is InChI=1S/C10H11NO3/c1-7(2)4-9(10(13)14)5-8(3)11-6-12/h4-5H,1H2,2-3H3,(H,13,14)/b8-5-,9-4+. The summed E-state index contributed by atoms with van der Waals surface area (Å²) in [5.74, 6) is -1.09. The fourth-order valence-corrected chi connectivity index (χ4v) is 0.760. The summed E-state index contributed by atoms with van der Waals surface area (Å²) in [7, 11) is 0. The number of allylic oxidation sites excluding steroid dienone is 3. The Labute approximate surface area is 82.0 Å². The molecule has 0 aliphatic rings. The van der Waals surface area contributed by atoms with Crippen molar-refractivity contribution in [2.24, 2.45) is 4.99 Å². The first-order chi connectivity index (χ1) is 6.47. The van der Waals surface area contributed by atoms with Crippen molar-refractivity contribution >= 4 is 12.0 Å². The van der Waals surface area contributed by atoms with Gasteiger partial charge in [0.1, 0.15) is 0 Å². The van der Waals surface area contributed by atoms with Gasteiger partial charge < -0.3 is 5.11 Å². The van der Waals surface area contributed by atoms with Gasteiger partial charge in [0.25, 0.3) is 0 Å². The van der Waals surface area contributed by atoms with Gasteiger partial charge in [0, 0.05) is 0 Å². The SMILES string of the molecule is C=C(C)/C=C(\C=C(\C)N=C=O)C(=O)O. The van der Waals surface area contributed by atoms with Crippen LogP contribution in [-0.4, -0.2) is 17.2 Å². The van der Waals surface area contributed by atoms with Crippen LogP contribution in [0.2, 0.25) is 0 Å². The Hall–Kier alpha value is -1.93. The summed E-state index contributed by atoms with van der Waals surface area (Å²) in [4.78, 5) is 23.8. The van der Waals surface area contributed by atoms with Crippen molar-refractivity contribution in [3.8, 4) is 0 Å². The number of aliphatic carboxylic acids is 1. The number of carboxylic acids is 1. The van der Waals surface area contributed by atoms with Crippen molar-refractivity contribution in [2.75, 3.05) is 0 Å². The summed E-state index contributed by atoms with van der Waals surface area (Å²) >= 11 is 0. The van der Waals surface area contributed by atoms with Crippen LogP contribution in [0.4, 0.5) is 0 Å². The van der Waals surface area contributed by atoms with Crippen molar-refractivity contribution in [3.63, 3.8) is 0 Å². The van der Waals surface area contributed by atoms with Crippen LogP contribution in [0.3, 0.4) is 0 Å². The second-order valence-electron chi connectivity index (χ2n) is 2.74. The van der Waals surface area contributed by atoms with Crippen LogP contribution in [0.5, 0.6) is 0 Å². The van der Waals surface area contributed by atoms with Crippen LogP contribution in [0.1, 0.15) is 13.8 Å². The maximum absolute atomic E-state index is 10.7. The molecule has 0 aromatic carbocycles. The van der Waals surface area contributed by atoms with E-state index in [0.29, 0.717) is 5.57 Å². The Kier molecular flexibility index (Phi) is 4.89. The molecule has 0 spiro atoms. The highest BCUT2D eigenvalue weighted by atomic mass is 16.4. The summed E-state index contributed by atoms with van der Waals surface area (Å²) in [6, 6.07) is 0. The van der Waals surface area contributed by atoms with Crippen molar-refractivity contribution in [3.05, 3.63) is 35.6 Å². The zero-order valence-corrected chi connectivity index (χ0v) is 8.07. The van der Waals surface area contributed by atoms with E-state index >= 15 is 0 Å². The van der Waals surface area contributed by atoms with Gasteiger partial charge in [0.05, 0.1) is 11.3 Å². The lowest BCUT2D eigenvalue weighted by molar-refractivity contribution is -0.132. The molecule has 0 heterocycles. The van der Waals surface area contributed by atoms with Crippen LogP contribution >= 0.6 is 0 Å². The van der Waals surface area contributed by atoms with E-state index in [9.17, 15) is 9.59 Å². The van der Waals surface area contributed by atoms with E-state index in [2.05, 4.69) is 11.6 Å². The largest absolute Gasteiger partial charge is 0.478 e. The van der Waals surface area contributed by atoms with Gasteiger partial charge in [-0.25, -0.2) is 9.59 Å². The molecule has 0 aliphatic heterocycles. The van der Waals surface area contributed by atoms with Crippen molar-refractivity contribution in [2.45, 2.75) is 13.8 Å². The molecule has 0 fully saturated rings. The molecule has 0 atom stereocenters. The summed E-state index contributed by atoms with van der Waals surface area (Å²) in [6.45, 7) is 6.74. The number of isocyanates is 1. The quantitative estimate of drug-likeness (QED) is 0.320. The van der Waals surface area contributed by atoms with E-state index in [0.717, 1.165) is 0 Å². The molecule has 0 rings (SSSR count). The van der Waals surface area contributed by atoms with E-state index in [4.69, 9.17) is 5.11 Å². The molecule has 0 aliphatic carbocycles. The molecule has 1 N–H and O–H groups in total. The second kappa shape index (κ2) is 5.67. The first kappa shape index (κ1) is 12.1. The summed E-state index contributed by atoms with van der Waals surface area (Å²) < 4.78 is 0. The molecule has 0 aromatic rings. The molecule has 0 saturated carbocycles. The number of carbonyl (C=O) groups is 1. The highest BCUT2D eigenvalue weighted by Gasteiger charge is 2.03. The van der Waals surface area contributed by atoms with Crippen LogP contribution in [0, 0.1) is 0 Å². The maximum Gasteiger partial charge on any atom is 0.335 e. The molecule has 0 aromatic heterocycles. The summed E-state index contributed by atoms with van der Waals surface area (Å²) in [5.41, 5.74) is 0.936. The zero-order valence-electron chi connectivity index (χ0n) is 8.07. The molecule has 0 radical (unpaired) electrons. The zero-order chi connectivity index (χ0) is 11.1. The van der Waals surface area contributed by atoms with Crippen LogP contribution in [-0.2, 0) is 9.59 Å². The maximum atomic E-state index is 10.7. The van der Waals surface area contributed by atoms with Gasteiger partial charge in [-0.15, -0.1) is 0 Å². The number of carboxylic acid groups (broad SMARTS) is 1. The Balaban J connectivity index is 5.06. The molecule has 0 amide bonds. The highest BCUT2D eigenvalue weighted by Crippen LogP contribution is 2.06. The lowest BCUT2D eigenvalue weighted by Gasteiger charge is -1.95. The third-order valence-corrected chi connectivity index (χ3v) is 1.24.